The van der Waals surface area contributed by atoms with Gasteiger partial charge in [-0.3, -0.25) is 9.78 Å². The molecule has 0 saturated carbocycles. The number of hydrogen-bond acceptors (Lipinski definition) is 4. The smallest absolute Gasteiger partial charge is 0.232 e. The molecule has 0 fully saturated rings. The van der Waals surface area contributed by atoms with Crippen LogP contribution in [0.15, 0.2) is 42.3 Å². The number of nitrogens with zero attached hydrogens (tertiary/aromatic N) is 1. The lowest BCUT2D eigenvalue weighted by Gasteiger charge is -2.00. The van der Waals surface area contributed by atoms with Crippen LogP contribution in [0.5, 0.6) is 11.5 Å². The highest BCUT2D eigenvalue weighted by Crippen LogP contribution is 2.36. The molecule has 1 aromatic heterocycles. The SMILES string of the molecule is Cc1cc(O)cc2c1C(=O)/C(=C/c1ccccn1)O2. The summed E-state index contributed by atoms with van der Waals surface area (Å²) in [5.41, 5.74) is 1.85. The third kappa shape index (κ3) is 1.97. The Kier molecular flexibility index (Phi) is 2.56. The summed E-state index contributed by atoms with van der Waals surface area (Å²) in [5, 5.41) is 9.52. The molecule has 1 aliphatic heterocycles. The first-order chi connectivity index (χ1) is 9.15. The number of aryl methyl sites for hydroxylation is 1. The summed E-state index contributed by atoms with van der Waals surface area (Å²) in [5.74, 6) is 0.522. The van der Waals surface area contributed by atoms with E-state index < -0.39 is 0 Å². The molecule has 1 aromatic carbocycles. The van der Waals surface area contributed by atoms with E-state index in [0.29, 0.717) is 22.6 Å². The van der Waals surface area contributed by atoms with Gasteiger partial charge in [-0.2, -0.15) is 0 Å². The topological polar surface area (TPSA) is 59.4 Å². The number of rotatable bonds is 1. The number of aromatic hydroxyl groups is 1. The molecule has 94 valence electrons. The van der Waals surface area contributed by atoms with E-state index in [4.69, 9.17) is 4.74 Å². The molecular formula is C15H11NO3. The van der Waals surface area contributed by atoms with Crippen molar-refractivity contribution in [3.63, 3.8) is 0 Å². The highest BCUT2D eigenvalue weighted by molar-refractivity contribution is 6.15. The van der Waals surface area contributed by atoms with Crippen molar-refractivity contribution in [2.45, 2.75) is 6.92 Å². The highest BCUT2D eigenvalue weighted by atomic mass is 16.5. The van der Waals surface area contributed by atoms with E-state index in [2.05, 4.69) is 4.98 Å². The molecule has 0 spiro atoms. The number of ketones is 1. The first-order valence-corrected chi connectivity index (χ1v) is 5.84. The van der Waals surface area contributed by atoms with Crippen LogP contribution >= 0.6 is 0 Å². The van der Waals surface area contributed by atoms with Crippen LogP contribution in [0, 0.1) is 6.92 Å². The van der Waals surface area contributed by atoms with Gasteiger partial charge in [0.05, 0.1) is 11.3 Å². The third-order valence-electron chi connectivity index (χ3n) is 2.92. The molecule has 2 aromatic rings. The normalized spacial score (nSPS) is 15.4. The van der Waals surface area contributed by atoms with Gasteiger partial charge in [0.2, 0.25) is 5.78 Å². The van der Waals surface area contributed by atoms with Gasteiger partial charge in [-0.1, -0.05) is 6.07 Å². The Bertz CT molecular complexity index is 690. The summed E-state index contributed by atoms with van der Waals surface area (Å²) < 4.78 is 5.50. The number of phenols is 1. The summed E-state index contributed by atoms with van der Waals surface area (Å²) in [6, 6.07) is 8.42. The summed E-state index contributed by atoms with van der Waals surface area (Å²) in [4.78, 5) is 16.4. The molecule has 19 heavy (non-hydrogen) atoms. The van der Waals surface area contributed by atoms with Crippen molar-refractivity contribution >= 4 is 11.9 Å². The van der Waals surface area contributed by atoms with Crippen molar-refractivity contribution in [2.24, 2.45) is 0 Å². The van der Waals surface area contributed by atoms with Crippen molar-refractivity contribution in [1.29, 1.82) is 0 Å². The predicted molar refractivity (Wildman–Crippen MR) is 70.0 cm³/mol. The molecule has 0 saturated heterocycles. The minimum Gasteiger partial charge on any atom is -0.508 e. The monoisotopic (exact) mass is 253 g/mol. The van der Waals surface area contributed by atoms with Crippen LogP contribution in [0.4, 0.5) is 0 Å². The molecule has 4 nitrogen and oxygen atoms in total. The number of carbonyl (C=O) groups is 1. The molecule has 1 aliphatic rings. The Hall–Kier alpha value is -2.62. The van der Waals surface area contributed by atoms with E-state index in [1.165, 1.54) is 6.07 Å². The molecule has 0 amide bonds. The van der Waals surface area contributed by atoms with Gasteiger partial charge in [-0.15, -0.1) is 0 Å². The lowest BCUT2D eigenvalue weighted by atomic mass is 10.0. The zero-order valence-corrected chi connectivity index (χ0v) is 10.3. The molecule has 2 heterocycles. The number of fused-ring (bicyclic) bond motifs is 1. The number of aromatic nitrogens is 1. The minimum absolute atomic E-state index is 0.0862. The molecule has 0 aliphatic carbocycles. The van der Waals surface area contributed by atoms with Gasteiger partial charge in [-0.25, -0.2) is 0 Å². The number of phenolic OH excluding ortho intramolecular Hbond substituents is 1. The van der Waals surface area contributed by atoms with E-state index in [9.17, 15) is 9.90 Å². The van der Waals surface area contributed by atoms with E-state index in [-0.39, 0.29) is 17.3 Å². The molecular weight excluding hydrogens is 242 g/mol. The van der Waals surface area contributed by atoms with E-state index in [1.807, 2.05) is 6.07 Å². The van der Waals surface area contributed by atoms with Gasteiger partial charge in [0.15, 0.2) is 5.76 Å². The highest BCUT2D eigenvalue weighted by Gasteiger charge is 2.29. The molecule has 3 rings (SSSR count). The summed E-state index contributed by atoms with van der Waals surface area (Å²) in [6.45, 7) is 1.77. The number of pyridine rings is 1. The van der Waals surface area contributed by atoms with Gasteiger partial charge < -0.3 is 9.84 Å². The number of ether oxygens (including phenoxy) is 1. The van der Waals surface area contributed by atoms with Crippen LogP contribution in [0.1, 0.15) is 21.6 Å². The van der Waals surface area contributed by atoms with Gasteiger partial charge >= 0.3 is 0 Å². The minimum atomic E-state index is -0.182. The Balaban J connectivity index is 2.05. The quantitative estimate of drug-likeness (QED) is 0.794. The lowest BCUT2D eigenvalue weighted by molar-refractivity contribution is 0.101. The molecule has 1 N–H and O–H groups in total. The van der Waals surface area contributed by atoms with Crippen molar-refractivity contribution < 1.29 is 14.6 Å². The first-order valence-electron chi connectivity index (χ1n) is 5.84. The maximum absolute atomic E-state index is 12.2. The molecule has 0 atom stereocenters. The fourth-order valence-electron chi connectivity index (χ4n) is 2.09. The molecule has 0 bridgehead atoms. The van der Waals surface area contributed by atoms with Crippen LogP contribution in [0.25, 0.3) is 6.08 Å². The summed E-state index contributed by atoms with van der Waals surface area (Å²) in [6.07, 6.45) is 3.24. The van der Waals surface area contributed by atoms with Crippen LogP contribution in [0.2, 0.25) is 0 Å². The van der Waals surface area contributed by atoms with Crippen molar-refractivity contribution in [1.82, 2.24) is 4.98 Å². The van der Waals surface area contributed by atoms with Gasteiger partial charge in [0.25, 0.3) is 0 Å². The van der Waals surface area contributed by atoms with E-state index in [1.54, 1.807) is 37.4 Å². The van der Waals surface area contributed by atoms with Gasteiger partial charge in [0.1, 0.15) is 11.5 Å². The van der Waals surface area contributed by atoms with Gasteiger partial charge in [-0.05, 0) is 30.7 Å². The van der Waals surface area contributed by atoms with E-state index >= 15 is 0 Å². The lowest BCUT2D eigenvalue weighted by Crippen LogP contribution is -1.99. The second-order valence-corrected chi connectivity index (χ2v) is 4.33. The maximum Gasteiger partial charge on any atom is 0.232 e. The van der Waals surface area contributed by atoms with Crippen molar-refractivity contribution in [2.75, 3.05) is 0 Å². The third-order valence-corrected chi connectivity index (χ3v) is 2.92. The zero-order valence-electron chi connectivity index (χ0n) is 10.3. The summed E-state index contributed by atoms with van der Waals surface area (Å²) >= 11 is 0. The Morgan fingerprint density at radius 3 is 2.89 bits per heavy atom. The Morgan fingerprint density at radius 2 is 2.16 bits per heavy atom. The number of carbonyl (C=O) groups excluding carboxylic acids is 1. The molecule has 4 heteroatoms. The molecule has 0 radical (unpaired) electrons. The van der Waals surface area contributed by atoms with E-state index in [0.717, 1.165) is 0 Å². The maximum atomic E-state index is 12.2. The average molecular weight is 253 g/mol. The average Bonchev–Trinajstić information content (AvgIpc) is 2.67. The second-order valence-electron chi connectivity index (χ2n) is 4.33. The Labute approximate surface area is 110 Å². The number of Topliss-reactive ketones (excluding diaryl/α,β-unsaturated/α-hetero) is 1. The fourth-order valence-corrected chi connectivity index (χ4v) is 2.09. The zero-order chi connectivity index (χ0) is 13.4. The number of allylic oxidation sites excluding steroid dienone is 1. The van der Waals surface area contributed by atoms with Crippen LogP contribution in [0.3, 0.4) is 0 Å². The first kappa shape index (κ1) is 11.5. The van der Waals surface area contributed by atoms with Crippen molar-refractivity contribution in [3.05, 3.63) is 59.1 Å². The van der Waals surface area contributed by atoms with Crippen LogP contribution < -0.4 is 4.74 Å². The fraction of sp³-hybridized carbons (Fsp3) is 0.0667. The van der Waals surface area contributed by atoms with Crippen molar-refractivity contribution in [3.8, 4) is 11.5 Å². The standard InChI is InChI=1S/C15H11NO3/c1-9-6-11(17)8-12-14(9)15(18)13(19-12)7-10-4-2-3-5-16-10/h2-8,17H,1H3/b13-7-. The van der Waals surface area contributed by atoms with Crippen LogP contribution in [-0.4, -0.2) is 15.9 Å². The Morgan fingerprint density at radius 1 is 1.32 bits per heavy atom. The molecule has 0 unspecified atom stereocenters. The van der Waals surface area contributed by atoms with Gasteiger partial charge in [0, 0.05) is 18.3 Å². The van der Waals surface area contributed by atoms with Crippen LogP contribution in [-0.2, 0) is 0 Å². The largest absolute Gasteiger partial charge is 0.508 e. The second kappa shape index (κ2) is 4.24. The number of hydrogen-bond donors (Lipinski definition) is 1. The number of benzene rings is 1. The predicted octanol–water partition coefficient (Wildman–Crippen LogP) is 2.71. The summed E-state index contributed by atoms with van der Waals surface area (Å²) in [7, 11) is 0.